The van der Waals surface area contributed by atoms with E-state index in [9.17, 15) is 0 Å². The third-order valence-corrected chi connectivity index (χ3v) is 6.52. The minimum atomic E-state index is 0.349. The monoisotopic (exact) mass is 392 g/mol. The zero-order valence-corrected chi connectivity index (χ0v) is 13.9. The third kappa shape index (κ3) is 2.12. The second-order valence-corrected chi connectivity index (χ2v) is 7.72. The van der Waals surface area contributed by atoms with Crippen LogP contribution in [0.25, 0.3) is 0 Å². The molecular formula is C14H15Br2ClO. The van der Waals surface area contributed by atoms with Crippen molar-refractivity contribution < 1.29 is 4.74 Å². The van der Waals surface area contributed by atoms with Crippen LogP contribution in [0.4, 0.5) is 0 Å². The van der Waals surface area contributed by atoms with Gasteiger partial charge in [-0.15, -0.1) is 0 Å². The van der Waals surface area contributed by atoms with Crippen LogP contribution in [0.3, 0.4) is 0 Å². The molecule has 1 nitrogen and oxygen atoms in total. The van der Waals surface area contributed by atoms with Crippen molar-refractivity contribution in [3.63, 3.8) is 0 Å². The van der Waals surface area contributed by atoms with Crippen LogP contribution in [0.1, 0.15) is 32.1 Å². The van der Waals surface area contributed by atoms with Crippen molar-refractivity contribution in [2.45, 2.75) is 43.0 Å². The molecule has 2 atom stereocenters. The fourth-order valence-electron chi connectivity index (χ4n) is 3.26. The predicted octanol–water partition coefficient (Wildman–Crippen LogP) is 5.58. The predicted molar refractivity (Wildman–Crippen MR) is 81.8 cm³/mol. The Hall–Kier alpha value is 0.270. The van der Waals surface area contributed by atoms with E-state index in [1.54, 1.807) is 0 Å². The highest BCUT2D eigenvalue weighted by Gasteiger charge is 2.56. The molecule has 2 fully saturated rings. The molecule has 1 spiro atoms. The molecule has 0 heterocycles. The molecule has 1 aromatic rings. The molecule has 2 saturated carbocycles. The highest BCUT2D eigenvalue weighted by molar-refractivity contribution is 9.10. The average molecular weight is 395 g/mol. The summed E-state index contributed by atoms with van der Waals surface area (Å²) < 4.78 is 7.15. The van der Waals surface area contributed by atoms with E-state index >= 15 is 0 Å². The Bertz CT molecular complexity index is 457. The Labute approximate surface area is 129 Å². The van der Waals surface area contributed by atoms with Crippen LogP contribution in [0, 0.1) is 5.41 Å². The number of rotatable bonds is 2. The molecule has 98 valence electrons. The van der Waals surface area contributed by atoms with Crippen molar-refractivity contribution >= 4 is 43.5 Å². The lowest BCUT2D eigenvalue weighted by Gasteiger charge is -2.51. The lowest BCUT2D eigenvalue weighted by atomic mass is 9.64. The average Bonchev–Trinajstić information content (AvgIpc) is 2.83. The molecule has 0 aromatic heterocycles. The molecule has 0 N–H and O–H groups in total. The largest absolute Gasteiger partial charge is 0.489 e. The van der Waals surface area contributed by atoms with E-state index in [1.165, 1.54) is 25.7 Å². The summed E-state index contributed by atoms with van der Waals surface area (Å²) in [7, 11) is 0. The second-order valence-electron chi connectivity index (χ2n) is 5.32. The maximum absolute atomic E-state index is 6.21. The Balaban J connectivity index is 1.77. The minimum absolute atomic E-state index is 0.349. The highest BCUT2D eigenvalue weighted by atomic mass is 79.9. The van der Waals surface area contributed by atoms with Crippen molar-refractivity contribution in [3.05, 3.63) is 27.7 Å². The smallest absolute Gasteiger partial charge is 0.134 e. The highest BCUT2D eigenvalue weighted by Crippen LogP contribution is 2.58. The van der Waals surface area contributed by atoms with Crippen LogP contribution in [0.5, 0.6) is 5.75 Å². The van der Waals surface area contributed by atoms with Crippen LogP contribution in [-0.2, 0) is 0 Å². The van der Waals surface area contributed by atoms with Crippen LogP contribution >= 0.6 is 43.5 Å². The molecule has 0 bridgehead atoms. The van der Waals surface area contributed by atoms with Gasteiger partial charge in [0.05, 0.1) is 4.47 Å². The quantitative estimate of drug-likeness (QED) is 0.595. The van der Waals surface area contributed by atoms with Crippen LogP contribution in [0.15, 0.2) is 22.7 Å². The van der Waals surface area contributed by atoms with Crippen molar-refractivity contribution in [2.75, 3.05) is 0 Å². The molecule has 18 heavy (non-hydrogen) atoms. The first kappa shape index (κ1) is 13.3. The summed E-state index contributed by atoms with van der Waals surface area (Å²) >= 11 is 13.3. The van der Waals surface area contributed by atoms with Gasteiger partial charge in [-0.3, -0.25) is 0 Å². The van der Waals surface area contributed by atoms with Crippen molar-refractivity contribution in [2.24, 2.45) is 5.41 Å². The van der Waals surface area contributed by atoms with E-state index in [1.807, 2.05) is 18.2 Å². The van der Waals surface area contributed by atoms with Crippen molar-refractivity contribution in [1.82, 2.24) is 0 Å². The number of halogens is 3. The minimum Gasteiger partial charge on any atom is -0.489 e. The third-order valence-electron chi connectivity index (χ3n) is 4.38. The Morgan fingerprint density at radius 3 is 2.61 bits per heavy atom. The second kappa shape index (κ2) is 4.99. The van der Waals surface area contributed by atoms with Gasteiger partial charge < -0.3 is 4.74 Å². The van der Waals surface area contributed by atoms with Gasteiger partial charge in [0.25, 0.3) is 0 Å². The van der Waals surface area contributed by atoms with Gasteiger partial charge in [-0.2, -0.15) is 0 Å². The van der Waals surface area contributed by atoms with Gasteiger partial charge in [-0.1, -0.05) is 40.4 Å². The van der Waals surface area contributed by atoms with Crippen LogP contribution in [0.2, 0.25) is 5.02 Å². The van der Waals surface area contributed by atoms with Gasteiger partial charge >= 0.3 is 0 Å². The Morgan fingerprint density at radius 2 is 2.00 bits per heavy atom. The molecule has 4 heteroatoms. The lowest BCUT2D eigenvalue weighted by Crippen LogP contribution is -2.55. The maximum Gasteiger partial charge on any atom is 0.134 e. The number of hydrogen-bond donors (Lipinski definition) is 0. The zero-order valence-electron chi connectivity index (χ0n) is 9.96. The zero-order chi connectivity index (χ0) is 12.8. The molecule has 2 aliphatic rings. The summed E-state index contributed by atoms with van der Waals surface area (Å²) in [5.41, 5.74) is 0.374. The van der Waals surface area contributed by atoms with Crippen molar-refractivity contribution in [1.29, 1.82) is 0 Å². The Kier molecular flexibility index (Phi) is 3.68. The molecule has 0 saturated heterocycles. The molecule has 2 aliphatic carbocycles. The van der Waals surface area contributed by atoms with E-state index in [-0.39, 0.29) is 0 Å². The molecule has 3 rings (SSSR count). The molecule has 1 aromatic carbocycles. The normalized spacial score (nSPS) is 29.3. The fraction of sp³-hybridized carbons (Fsp3) is 0.571. The van der Waals surface area contributed by atoms with E-state index in [0.29, 0.717) is 16.3 Å². The maximum atomic E-state index is 6.21. The summed E-state index contributed by atoms with van der Waals surface area (Å²) in [6.45, 7) is 0. The number of alkyl halides is 1. The molecular weight excluding hydrogens is 379 g/mol. The lowest BCUT2D eigenvalue weighted by molar-refractivity contribution is -0.0308. The number of hydrogen-bond acceptors (Lipinski definition) is 1. The van der Waals surface area contributed by atoms with Gasteiger partial charge in [0.2, 0.25) is 0 Å². The number of benzene rings is 1. The van der Waals surface area contributed by atoms with E-state index in [2.05, 4.69) is 31.9 Å². The first-order valence-electron chi connectivity index (χ1n) is 6.37. The SMILES string of the molecule is Clc1ccc(OC2CC(Br)C23CCCC3)c(Br)c1. The van der Waals surface area contributed by atoms with Gasteiger partial charge in [-0.05, 0) is 53.4 Å². The van der Waals surface area contributed by atoms with Crippen LogP contribution in [-0.4, -0.2) is 10.9 Å². The molecule has 0 aliphatic heterocycles. The Morgan fingerprint density at radius 1 is 1.28 bits per heavy atom. The molecule has 0 radical (unpaired) electrons. The van der Waals surface area contributed by atoms with E-state index < -0.39 is 0 Å². The fourth-order valence-corrected chi connectivity index (χ4v) is 5.12. The van der Waals surface area contributed by atoms with E-state index in [4.69, 9.17) is 16.3 Å². The first-order chi connectivity index (χ1) is 8.62. The van der Waals surface area contributed by atoms with Gasteiger partial charge in [0.15, 0.2) is 0 Å². The summed E-state index contributed by atoms with van der Waals surface area (Å²) in [5.74, 6) is 0.912. The van der Waals surface area contributed by atoms with Gasteiger partial charge in [-0.25, -0.2) is 0 Å². The van der Waals surface area contributed by atoms with Gasteiger partial charge in [0.1, 0.15) is 11.9 Å². The summed E-state index contributed by atoms with van der Waals surface area (Å²) in [4.78, 5) is 0.628. The standard InChI is InChI=1S/C14H15Br2ClO/c15-10-7-9(17)3-4-11(10)18-13-8-12(16)14(13)5-1-2-6-14/h3-4,7,12-13H,1-2,5-6,8H2. The summed E-state index contributed by atoms with van der Waals surface area (Å²) in [6.07, 6.45) is 6.71. The van der Waals surface area contributed by atoms with Crippen molar-refractivity contribution in [3.8, 4) is 5.75 Å². The molecule has 2 unspecified atom stereocenters. The number of ether oxygens (including phenoxy) is 1. The van der Waals surface area contributed by atoms with Gasteiger partial charge in [0, 0.05) is 15.3 Å². The first-order valence-corrected chi connectivity index (χ1v) is 8.46. The molecule has 0 amide bonds. The summed E-state index contributed by atoms with van der Waals surface area (Å²) in [6, 6.07) is 5.73. The van der Waals surface area contributed by atoms with E-state index in [0.717, 1.165) is 21.7 Å². The van der Waals surface area contributed by atoms with Crippen LogP contribution < -0.4 is 4.74 Å². The topological polar surface area (TPSA) is 9.23 Å². The summed E-state index contributed by atoms with van der Waals surface area (Å²) in [5, 5.41) is 0.733.